The van der Waals surface area contributed by atoms with Gasteiger partial charge in [-0.3, -0.25) is 19.3 Å². The summed E-state index contributed by atoms with van der Waals surface area (Å²) in [6, 6.07) is 12.0. The number of nitrogens with zero attached hydrogens (tertiary/aromatic N) is 3. The van der Waals surface area contributed by atoms with Gasteiger partial charge in [-0.1, -0.05) is 13.8 Å². The molecule has 224 valence electrons. The molecule has 1 unspecified atom stereocenters. The minimum Gasteiger partial charge on any atom is -0.453 e. The number of halogens is 3. The molecule has 5 aromatic rings. The molecule has 43 heavy (non-hydrogen) atoms. The second-order valence-electron chi connectivity index (χ2n) is 10.0. The average molecular weight is 611 g/mol. The molecule has 0 spiro atoms. The smallest absolute Gasteiger partial charge is 0.267 e. The van der Waals surface area contributed by atoms with E-state index >= 15 is 4.39 Å². The van der Waals surface area contributed by atoms with E-state index < -0.39 is 23.1 Å². The predicted octanol–water partition coefficient (Wildman–Crippen LogP) is 5.77. The third-order valence-electron chi connectivity index (χ3n) is 6.54. The number of carbonyl (C=O) groups is 1. The van der Waals surface area contributed by atoms with Crippen molar-refractivity contribution in [2.45, 2.75) is 32.7 Å². The number of aliphatic hydroxyl groups excluding tert-OH is 1. The number of hydrogen-bond donors (Lipinski definition) is 4. The lowest BCUT2D eigenvalue weighted by molar-refractivity contribution is 0.102. The number of ether oxygens (including phenoxy) is 1. The van der Waals surface area contributed by atoms with Crippen molar-refractivity contribution in [3.63, 3.8) is 0 Å². The van der Waals surface area contributed by atoms with Crippen molar-refractivity contribution < 1.29 is 23.4 Å². The van der Waals surface area contributed by atoms with Crippen LogP contribution in [-0.2, 0) is 0 Å². The summed E-state index contributed by atoms with van der Waals surface area (Å²) in [5, 5.41) is 22.4. The number of benzene rings is 2. The average Bonchev–Trinajstić information content (AvgIpc) is 3.38. The summed E-state index contributed by atoms with van der Waals surface area (Å²) in [6.07, 6.45) is 3.09. The summed E-state index contributed by atoms with van der Waals surface area (Å²) in [5.41, 5.74) is 0.865. The zero-order valence-electron chi connectivity index (χ0n) is 23.4. The van der Waals surface area contributed by atoms with Gasteiger partial charge in [-0.25, -0.2) is 13.8 Å². The van der Waals surface area contributed by atoms with Gasteiger partial charge >= 0.3 is 0 Å². The van der Waals surface area contributed by atoms with Crippen molar-refractivity contribution in [2.75, 3.05) is 17.2 Å². The van der Waals surface area contributed by atoms with Gasteiger partial charge in [0.1, 0.15) is 22.5 Å². The van der Waals surface area contributed by atoms with Crippen LogP contribution in [0.4, 0.5) is 20.3 Å². The first-order valence-electron chi connectivity index (χ1n) is 13.2. The van der Waals surface area contributed by atoms with E-state index in [4.69, 9.17) is 4.74 Å². The number of fused-ring (bicyclic) bond motifs is 1. The van der Waals surface area contributed by atoms with E-state index in [0.717, 1.165) is 6.07 Å². The Bertz CT molecular complexity index is 1820. The summed E-state index contributed by atoms with van der Waals surface area (Å²) in [5.74, 6) is -1.43. The van der Waals surface area contributed by atoms with Crippen molar-refractivity contribution in [3.8, 4) is 17.2 Å². The fraction of sp³-hybridized carbons (Fsp3) is 0.200. The van der Waals surface area contributed by atoms with Gasteiger partial charge in [-0.2, -0.15) is 5.10 Å². The highest BCUT2D eigenvalue weighted by Crippen LogP contribution is 2.34. The van der Waals surface area contributed by atoms with Gasteiger partial charge in [0, 0.05) is 41.9 Å². The van der Waals surface area contributed by atoms with E-state index in [0.29, 0.717) is 28.1 Å². The molecule has 4 N–H and O–H groups in total. The van der Waals surface area contributed by atoms with Gasteiger partial charge < -0.3 is 20.5 Å². The molecule has 2 aromatic carbocycles. The number of aliphatic hydroxyl groups is 1. The highest BCUT2D eigenvalue weighted by Gasteiger charge is 2.19. The van der Waals surface area contributed by atoms with Gasteiger partial charge in [0.2, 0.25) is 0 Å². The minimum atomic E-state index is -0.765. The monoisotopic (exact) mass is 610 g/mol. The number of rotatable bonds is 9. The van der Waals surface area contributed by atoms with Crippen LogP contribution in [0.3, 0.4) is 0 Å². The summed E-state index contributed by atoms with van der Waals surface area (Å²) >= 11 is 0. The van der Waals surface area contributed by atoms with Crippen LogP contribution in [0.1, 0.15) is 42.6 Å². The Kier molecular flexibility index (Phi) is 9.42. The topological polar surface area (TPSA) is 134 Å². The van der Waals surface area contributed by atoms with E-state index in [9.17, 15) is 19.1 Å². The molecule has 0 fully saturated rings. The fourth-order valence-corrected chi connectivity index (χ4v) is 4.24. The second kappa shape index (κ2) is 13.0. The number of hydrogen-bond acceptors (Lipinski definition) is 7. The zero-order chi connectivity index (χ0) is 30.0. The molecule has 3 aromatic heterocycles. The lowest BCUT2D eigenvalue weighted by atomic mass is 10.0. The number of aromatic amines is 1. The first-order chi connectivity index (χ1) is 20.1. The molecule has 0 aliphatic carbocycles. The van der Waals surface area contributed by atoms with E-state index in [2.05, 4.69) is 25.8 Å². The molecule has 10 nitrogen and oxygen atoms in total. The van der Waals surface area contributed by atoms with Gasteiger partial charge in [-0.15, -0.1) is 12.4 Å². The predicted molar refractivity (Wildman–Crippen MR) is 162 cm³/mol. The SMILES string of the molecule is CC(CO)Nc1n[nH]c2nccc(Oc3ccc(NC(=O)c4cc(C(C)C)cn(-c5ccc(F)cc5)c4=O)cc3F)c12.Cl. The molecule has 1 amide bonds. The molecule has 0 bridgehead atoms. The standard InChI is InChI=1S/C30H28F2N6O4.ClH/c1-16(2)18-12-22(30(41)38(14-18)21-7-4-19(31)5-8-21)29(40)35-20-6-9-24(23(32)13-20)42-25-10-11-33-27-26(25)28(37-36-27)34-17(3)15-39;/h4-14,16-17,39H,15H2,1-3H3,(H,35,40)(H2,33,34,36,37);1H. The number of amides is 1. The lowest BCUT2D eigenvalue weighted by Crippen LogP contribution is -2.29. The Morgan fingerprint density at radius 3 is 2.49 bits per heavy atom. The first kappa shape index (κ1) is 31.1. The number of aromatic nitrogens is 4. The first-order valence-corrected chi connectivity index (χ1v) is 13.2. The second-order valence-corrected chi connectivity index (χ2v) is 10.0. The van der Waals surface area contributed by atoms with Crippen LogP contribution in [0, 0.1) is 11.6 Å². The van der Waals surface area contributed by atoms with Crippen molar-refractivity contribution in [1.29, 1.82) is 0 Å². The molecule has 0 aliphatic heterocycles. The van der Waals surface area contributed by atoms with Gasteiger partial charge in [0.05, 0.1) is 6.61 Å². The Balaban J connectivity index is 0.00000423. The normalized spacial score (nSPS) is 11.7. The summed E-state index contributed by atoms with van der Waals surface area (Å²) in [4.78, 5) is 30.7. The van der Waals surface area contributed by atoms with Crippen LogP contribution >= 0.6 is 12.4 Å². The van der Waals surface area contributed by atoms with E-state index in [1.807, 2.05) is 13.8 Å². The maximum atomic E-state index is 15.2. The molecule has 0 saturated heterocycles. The van der Waals surface area contributed by atoms with Crippen LogP contribution in [0.5, 0.6) is 11.5 Å². The van der Waals surface area contributed by atoms with Crippen molar-refractivity contribution in [2.24, 2.45) is 0 Å². The molecule has 3 heterocycles. The maximum absolute atomic E-state index is 15.2. The zero-order valence-corrected chi connectivity index (χ0v) is 24.2. The minimum absolute atomic E-state index is 0. The Morgan fingerprint density at radius 1 is 1.07 bits per heavy atom. The van der Waals surface area contributed by atoms with Crippen molar-refractivity contribution >= 4 is 40.9 Å². The number of nitrogens with one attached hydrogen (secondary N) is 3. The van der Waals surface area contributed by atoms with Crippen LogP contribution in [0.15, 0.2) is 71.8 Å². The molecule has 0 saturated carbocycles. The Hall–Kier alpha value is -4.81. The third kappa shape index (κ3) is 6.65. The summed E-state index contributed by atoms with van der Waals surface area (Å²) in [7, 11) is 0. The summed E-state index contributed by atoms with van der Waals surface area (Å²) in [6.45, 7) is 5.46. The number of pyridine rings is 2. The van der Waals surface area contributed by atoms with Gasteiger partial charge in [0.25, 0.3) is 11.5 Å². The fourth-order valence-electron chi connectivity index (χ4n) is 4.24. The Labute approximate surface area is 251 Å². The lowest BCUT2D eigenvalue weighted by Gasteiger charge is -2.15. The number of anilines is 2. The van der Waals surface area contributed by atoms with E-state index in [1.165, 1.54) is 53.2 Å². The van der Waals surface area contributed by atoms with Crippen LogP contribution in [0.2, 0.25) is 0 Å². The molecule has 5 rings (SSSR count). The van der Waals surface area contributed by atoms with Gasteiger partial charge in [-0.05, 0) is 60.9 Å². The maximum Gasteiger partial charge on any atom is 0.267 e. The largest absolute Gasteiger partial charge is 0.453 e. The molecule has 0 radical (unpaired) electrons. The van der Waals surface area contributed by atoms with Crippen molar-refractivity contribution in [1.82, 2.24) is 19.7 Å². The quantitative estimate of drug-likeness (QED) is 0.166. The Morgan fingerprint density at radius 2 is 1.81 bits per heavy atom. The molecular weight excluding hydrogens is 582 g/mol. The third-order valence-corrected chi connectivity index (χ3v) is 6.54. The highest BCUT2D eigenvalue weighted by molar-refractivity contribution is 6.04. The van der Waals surface area contributed by atoms with E-state index in [1.54, 1.807) is 19.2 Å². The van der Waals surface area contributed by atoms with Crippen LogP contribution < -0.4 is 20.9 Å². The molecular formula is C30H29ClF2N6O4. The van der Waals surface area contributed by atoms with Crippen molar-refractivity contribution in [3.05, 3.63) is 100 Å². The molecule has 13 heteroatoms. The molecule has 0 aliphatic rings. The van der Waals surface area contributed by atoms with Crippen LogP contribution in [0.25, 0.3) is 16.7 Å². The number of H-pyrrole nitrogens is 1. The highest BCUT2D eigenvalue weighted by atomic mass is 35.5. The van der Waals surface area contributed by atoms with E-state index in [-0.39, 0.29) is 53.7 Å². The molecule has 1 atom stereocenters. The van der Waals surface area contributed by atoms with Crippen LogP contribution in [-0.4, -0.2) is 43.4 Å². The summed E-state index contributed by atoms with van der Waals surface area (Å²) < 4.78 is 35.8. The number of carbonyl (C=O) groups excluding carboxylic acids is 1. The van der Waals surface area contributed by atoms with Gasteiger partial charge in [0.15, 0.2) is 23.0 Å².